The molecule has 3 aromatic carbocycles. The highest BCUT2D eigenvalue weighted by atomic mass is 32.2. The lowest BCUT2D eigenvalue weighted by molar-refractivity contribution is -0.120. The lowest BCUT2D eigenvalue weighted by Gasteiger charge is -2.38. The first-order valence-corrected chi connectivity index (χ1v) is 13.0. The zero-order chi connectivity index (χ0) is 24.7. The first-order chi connectivity index (χ1) is 16.9. The van der Waals surface area contributed by atoms with Crippen molar-refractivity contribution in [3.63, 3.8) is 0 Å². The molecule has 1 heterocycles. The quantitative estimate of drug-likeness (QED) is 0.490. The molecule has 1 fully saturated rings. The molecule has 1 aliphatic heterocycles. The smallest absolute Gasteiger partial charge is 0.264 e. The van der Waals surface area contributed by atoms with Crippen LogP contribution < -0.4 is 14.4 Å². The average Bonchev–Trinajstić information content (AvgIpc) is 2.92. The van der Waals surface area contributed by atoms with Crippen molar-refractivity contribution in [2.45, 2.75) is 23.2 Å². The molecule has 7 nitrogen and oxygen atoms in total. The van der Waals surface area contributed by atoms with E-state index in [4.69, 9.17) is 9.47 Å². The molecule has 3 aromatic rings. The Kier molecular flexibility index (Phi) is 7.73. The van der Waals surface area contributed by atoms with Crippen LogP contribution in [0.2, 0.25) is 0 Å². The fraction of sp³-hybridized carbons (Fsp3) is 0.296. The summed E-state index contributed by atoms with van der Waals surface area (Å²) in [6.45, 7) is 1.31. The Morgan fingerprint density at radius 3 is 2.14 bits per heavy atom. The molecule has 4 rings (SSSR count). The minimum Gasteiger partial charge on any atom is -0.497 e. The molecule has 1 saturated heterocycles. The van der Waals surface area contributed by atoms with Crippen LogP contribution in [0.15, 0.2) is 89.8 Å². The van der Waals surface area contributed by atoms with Gasteiger partial charge in [-0.15, -0.1) is 0 Å². The van der Waals surface area contributed by atoms with Gasteiger partial charge in [0.1, 0.15) is 12.3 Å². The third-order valence-corrected chi connectivity index (χ3v) is 8.23. The number of anilines is 1. The van der Waals surface area contributed by atoms with Crippen LogP contribution >= 0.6 is 0 Å². The third-order valence-electron chi connectivity index (χ3n) is 6.44. The summed E-state index contributed by atoms with van der Waals surface area (Å²) in [6.07, 6.45) is 1.56. The second-order valence-corrected chi connectivity index (χ2v) is 10.4. The van der Waals surface area contributed by atoms with Gasteiger partial charge in [0, 0.05) is 25.2 Å². The number of benzene rings is 3. The molecule has 35 heavy (non-hydrogen) atoms. The maximum atomic E-state index is 13.5. The van der Waals surface area contributed by atoms with Gasteiger partial charge in [0.15, 0.2) is 0 Å². The fourth-order valence-electron chi connectivity index (χ4n) is 4.36. The van der Waals surface area contributed by atoms with Crippen LogP contribution in [0.3, 0.4) is 0 Å². The zero-order valence-electron chi connectivity index (χ0n) is 19.7. The normalized spacial score (nSPS) is 15.2. The number of carbonyl (C=O) groups excluding carboxylic acids is 1. The molecular formula is C27H30N2O5S. The zero-order valence-corrected chi connectivity index (χ0v) is 20.5. The van der Waals surface area contributed by atoms with E-state index < -0.39 is 10.0 Å². The topological polar surface area (TPSA) is 84.9 Å². The molecule has 0 unspecified atom stereocenters. The Morgan fingerprint density at radius 1 is 0.943 bits per heavy atom. The first kappa shape index (κ1) is 24.8. The van der Waals surface area contributed by atoms with E-state index in [0.717, 1.165) is 22.7 Å². The van der Waals surface area contributed by atoms with Crippen LogP contribution in [0.25, 0.3) is 0 Å². The lowest BCUT2D eigenvalue weighted by Crippen LogP contribution is -2.48. The lowest BCUT2D eigenvalue weighted by atomic mass is 9.74. The Labute approximate surface area is 206 Å². The molecule has 1 amide bonds. The number of hydrogen-bond donors (Lipinski definition) is 1. The van der Waals surface area contributed by atoms with Gasteiger partial charge in [-0.3, -0.25) is 9.10 Å². The highest BCUT2D eigenvalue weighted by Gasteiger charge is 2.35. The Morgan fingerprint density at radius 2 is 1.54 bits per heavy atom. The molecule has 0 atom stereocenters. The molecule has 184 valence electrons. The minimum absolute atomic E-state index is 0.0835. The molecule has 0 saturated carbocycles. The highest BCUT2D eigenvalue weighted by Crippen LogP contribution is 2.34. The van der Waals surface area contributed by atoms with Gasteiger partial charge < -0.3 is 14.8 Å². The van der Waals surface area contributed by atoms with E-state index in [0.29, 0.717) is 31.2 Å². The van der Waals surface area contributed by atoms with Crippen molar-refractivity contribution in [3.05, 3.63) is 90.5 Å². The summed E-state index contributed by atoms with van der Waals surface area (Å²) in [7, 11) is -2.47. The van der Waals surface area contributed by atoms with E-state index in [1.165, 1.54) is 19.2 Å². The number of nitrogens with zero attached hydrogens (tertiary/aromatic N) is 1. The van der Waals surface area contributed by atoms with E-state index in [9.17, 15) is 13.2 Å². The predicted molar refractivity (Wildman–Crippen MR) is 135 cm³/mol. The van der Waals surface area contributed by atoms with Gasteiger partial charge in [-0.25, -0.2) is 8.42 Å². The fourth-order valence-corrected chi connectivity index (χ4v) is 5.78. The van der Waals surface area contributed by atoms with Crippen molar-refractivity contribution in [1.29, 1.82) is 0 Å². The largest absolute Gasteiger partial charge is 0.497 e. The molecule has 1 aliphatic rings. The van der Waals surface area contributed by atoms with Gasteiger partial charge in [0.05, 0.1) is 17.7 Å². The van der Waals surface area contributed by atoms with Gasteiger partial charge in [0.25, 0.3) is 10.0 Å². The van der Waals surface area contributed by atoms with E-state index in [2.05, 4.69) is 17.4 Å². The third kappa shape index (κ3) is 5.66. The molecule has 0 spiro atoms. The summed E-state index contributed by atoms with van der Waals surface area (Å²) < 4.78 is 39.0. The van der Waals surface area contributed by atoms with Gasteiger partial charge in [-0.2, -0.15) is 0 Å². The van der Waals surface area contributed by atoms with E-state index in [1.807, 2.05) is 18.2 Å². The summed E-state index contributed by atoms with van der Waals surface area (Å²) in [5, 5.41) is 3.01. The molecular weight excluding hydrogens is 464 g/mol. The van der Waals surface area contributed by atoms with E-state index in [1.54, 1.807) is 42.5 Å². The molecule has 0 bridgehead atoms. The van der Waals surface area contributed by atoms with Crippen LogP contribution in [0, 0.1) is 0 Å². The number of rotatable bonds is 9. The molecule has 0 aliphatic carbocycles. The maximum absolute atomic E-state index is 13.5. The maximum Gasteiger partial charge on any atom is 0.264 e. The summed E-state index contributed by atoms with van der Waals surface area (Å²) in [5.41, 5.74) is 1.32. The van der Waals surface area contributed by atoms with Crippen LogP contribution in [-0.2, 0) is 25.0 Å². The Bertz CT molecular complexity index is 1210. The second-order valence-electron chi connectivity index (χ2n) is 8.56. The molecule has 8 heteroatoms. The van der Waals surface area contributed by atoms with Gasteiger partial charge in [0.2, 0.25) is 5.91 Å². The number of amides is 1. The van der Waals surface area contributed by atoms with Gasteiger partial charge in [-0.05, 0) is 54.8 Å². The first-order valence-electron chi connectivity index (χ1n) is 11.6. The van der Waals surface area contributed by atoms with Gasteiger partial charge in [-0.1, -0.05) is 48.5 Å². The van der Waals surface area contributed by atoms with Crippen LogP contribution in [0.5, 0.6) is 5.75 Å². The number of sulfonamides is 1. The number of methoxy groups -OCH3 is 1. The number of hydrogen-bond acceptors (Lipinski definition) is 5. The number of ether oxygens (including phenoxy) is 2. The highest BCUT2D eigenvalue weighted by molar-refractivity contribution is 7.92. The number of para-hydroxylation sites is 1. The average molecular weight is 495 g/mol. The molecule has 0 aromatic heterocycles. The van der Waals surface area contributed by atoms with Crippen molar-refractivity contribution in [2.75, 3.05) is 37.7 Å². The predicted octanol–water partition coefficient (Wildman–Crippen LogP) is 3.76. The van der Waals surface area contributed by atoms with Gasteiger partial charge >= 0.3 is 0 Å². The summed E-state index contributed by atoms with van der Waals surface area (Å²) in [6, 6.07) is 24.9. The molecule has 0 radical (unpaired) electrons. The van der Waals surface area contributed by atoms with E-state index >= 15 is 0 Å². The van der Waals surface area contributed by atoms with Crippen molar-refractivity contribution < 1.29 is 22.7 Å². The van der Waals surface area contributed by atoms with Crippen molar-refractivity contribution >= 4 is 21.6 Å². The van der Waals surface area contributed by atoms with Crippen LogP contribution in [-0.4, -0.2) is 47.7 Å². The summed E-state index contributed by atoms with van der Waals surface area (Å²) in [4.78, 5) is 13.2. The molecule has 1 N–H and O–H groups in total. The monoisotopic (exact) mass is 494 g/mol. The SMILES string of the molecule is COc1ccc(S(=O)(=O)N(CC(=O)NCC2(c3ccccc3)CCOCC2)c2ccccc2)cc1. The minimum atomic E-state index is -3.99. The van der Waals surface area contributed by atoms with Crippen LogP contribution in [0.4, 0.5) is 5.69 Å². The Balaban J connectivity index is 1.56. The van der Waals surface area contributed by atoms with E-state index in [-0.39, 0.29) is 22.8 Å². The standard InChI is InChI=1S/C27H30N2O5S/c1-33-24-12-14-25(15-13-24)35(31,32)29(23-10-6-3-7-11-23)20-26(30)28-21-27(16-18-34-19-17-27)22-8-4-2-5-9-22/h2-15H,16-21H2,1H3,(H,28,30). The number of nitrogens with one attached hydrogen (secondary N) is 1. The summed E-state index contributed by atoms with van der Waals surface area (Å²) in [5.74, 6) is 0.184. The Hall–Kier alpha value is -3.36. The summed E-state index contributed by atoms with van der Waals surface area (Å²) >= 11 is 0. The van der Waals surface area contributed by atoms with Crippen molar-refractivity contribution in [3.8, 4) is 5.75 Å². The van der Waals surface area contributed by atoms with Crippen LogP contribution in [0.1, 0.15) is 18.4 Å². The van der Waals surface area contributed by atoms with Crippen molar-refractivity contribution in [1.82, 2.24) is 5.32 Å². The second kappa shape index (κ2) is 10.9. The van der Waals surface area contributed by atoms with Crippen molar-refractivity contribution in [2.24, 2.45) is 0 Å². The number of carbonyl (C=O) groups is 1.